The lowest BCUT2D eigenvalue weighted by atomic mass is 10.1. The van der Waals surface area contributed by atoms with Crippen LogP contribution in [0.4, 0.5) is 10.1 Å². The average molecular weight is 278 g/mol. The molecular weight excluding hydrogens is 263 g/mol. The fraction of sp³-hybridized carbons (Fsp3) is 0.0556. The lowest BCUT2D eigenvalue weighted by Gasteiger charge is -2.05. The second-order valence-electron chi connectivity index (χ2n) is 5.01. The number of benzene rings is 3. The molecule has 3 aromatic carbocycles. The smallest absolute Gasteiger partial charge is 0.131 e. The van der Waals surface area contributed by atoms with Crippen molar-refractivity contribution in [2.75, 3.05) is 0 Å². The number of hydrogen-bond donors (Lipinski definition) is 1. The highest BCUT2D eigenvalue weighted by Gasteiger charge is 2.04. The zero-order chi connectivity index (χ0) is 14.8. The van der Waals surface area contributed by atoms with Crippen LogP contribution < -0.4 is 5.73 Å². The largest absolute Gasteiger partial charge is 0.383 e. The first-order valence-corrected chi connectivity index (χ1v) is 6.73. The Labute approximate surface area is 122 Å². The van der Waals surface area contributed by atoms with E-state index in [1.807, 2.05) is 55.5 Å². The molecule has 3 rings (SSSR count). The van der Waals surface area contributed by atoms with Gasteiger partial charge in [0, 0.05) is 10.9 Å². The topological polar surface area (TPSA) is 38.4 Å². The molecule has 104 valence electrons. The van der Waals surface area contributed by atoms with Crippen molar-refractivity contribution in [1.29, 1.82) is 0 Å². The fourth-order valence-electron chi connectivity index (χ4n) is 2.38. The van der Waals surface area contributed by atoms with Gasteiger partial charge >= 0.3 is 0 Å². The molecule has 0 radical (unpaired) electrons. The third-order valence-corrected chi connectivity index (χ3v) is 3.35. The number of amidine groups is 1. The Hall–Kier alpha value is -2.68. The van der Waals surface area contributed by atoms with Crippen LogP contribution in [-0.4, -0.2) is 5.84 Å². The molecule has 2 nitrogen and oxygen atoms in total. The summed E-state index contributed by atoms with van der Waals surface area (Å²) in [6.07, 6.45) is 0. The van der Waals surface area contributed by atoms with Crippen molar-refractivity contribution in [3.05, 3.63) is 77.6 Å². The van der Waals surface area contributed by atoms with Gasteiger partial charge in [0.2, 0.25) is 0 Å². The van der Waals surface area contributed by atoms with E-state index in [1.165, 1.54) is 12.1 Å². The van der Waals surface area contributed by atoms with E-state index < -0.39 is 0 Å². The van der Waals surface area contributed by atoms with Crippen LogP contribution in [0.3, 0.4) is 0 Å². The van der Waals surface area contributed by atoms with Crippen LogP contribution in [0.2, 0.25) is 0 Å². The van der Waals surface area contributed by atoms with E-state index in [0.717, 1.165) is 22.0 Å². The number of rotatable bonds is 2. The molecule has 0 unspecified atom stereocenters. The molecule has 0 aliphatic heterocycles. The number of aryl methyl sites for hydroxylation is 1. The van der Waals surface area contributed by atoms with Crippen molar-refractivity contribution in [1.82, 2.24) is 0 Å². The lowest BCUT2D eigenvalue weighted by molar-refractivity contribution is 0.626. The standard InChI is InChI=1S/C18H15FN2/c1-12-9-14(11-15(19)10-12)18(20)21-17-8-4-6-13-5-2-3-7-16(13)17/h2-11H,1H3,(H2,20,21). The van der Waals surface area contributed by atoms with Gasteiger partial charge in [-0.25, -0.2) is 9.38 Å². The number of fused-ring (bicyclic) bond motifs is 1. The Balaban J connectivity index is 2.11. The highest BCUT2D eigenvalue weighted by Crippen LogP contribution is 2.26. The molecular formula is C18H15FN2. The minimum atomic E-state index is -0.305. The maximum absolute atomic E-state index is 13.5. The van der Waals surface area contributed by atoms with Crippen LogP contribution in [0.1, 0.15) is 11.1 Å². The van der Waals surface area contributed by atoms with E-state index in [0.29, 0.717) is 11.4 Å². The molecule has 0 fully saturated rings. The third kappa shape index (κ3) is 2.77. The monoisotopic (exact) mass is 278 g/mol. The lowest BCUT2D eigenvalue weighted by Crippen LogP contribution is -2.13. The van der Waals surface area contributed by atoms with Crippen molar-refractivity contribution in [2.45, 2.75) is 6.92 Å². The van der Waals surface area contributed by atoms with E-state index >= 15 is 0 Å². The van der Waals surface area contributed by atoms with Gasteiger partial charge in [0.1, 0.15) is 11.7 Å². The van der Waals surface area contributed by atoms with Crippen molar-refractivity contribution >= 4 is 22.3 Å². The van der Waals surface area contributed by atoms with Crippen LogP contribution in [-0.2, 0) is 0 Å². The molecule has 21 heavy (non-hydrogen) atoms. The Bertz CT molecular complexity index is 812. The average Bonchev–Trinajstić information content (AvgIpc) is 2.46. The van der Waals surface area contributed by atoms with E-state index in [9.17, 15) is 4.39 Å². The van der Waals surface area contributed by atoms with E-state index in [2.05, 4.69) is 4.99 Å². The molecule has 0 bridgehead atoms. The van der Waals surface area contributed by atoms with Crippen molar-refractivity contribution in [3.63, 3.8) is 0 Å². The molecule has 0 amide bonds. The maximum atomic E-state index is 13.5. The maximum Gasteiger partial charge on any atom is 0.131 e. The van der Waals surface area contributed by atoms with Gasteiger partial charge in [-0.2, -0.15) is 0 Å². The zero-order valence-electron chi connectivity index (χ0n) is 11.7. The molecule has 0 saturated carbocycles. The van der Waals surface area contributed by atoms with E-state index in [-0.39, 0.29) is 5.82 Å². The number of aliphatic imine (C=N–C) groups is 1. The van der Waals surface area contributed by atoms with Gasteiger partial charge in [0.05, 0.1) is 5.69 Å². The van der Waals surface area contributed by atoms with Gasteiger partial charge in [0.15, 0.2) is 0 Å². The Morgan fingerprint density at radius 3 is 2.57 bits per heavy atom. The quantitative estimate of drug-likeness (QED) is 0.550. The first-order valence-electron chi connectivity index (χ1n) is 6.73. The molecule has 0 aromatic heterocycles. The summed E-state index contributed by atoms with van der Waals surface area (Å²) in [6, 6.07) is 18.5. The highest BCUT2D eigenvalue weighted by atomic mass is 19.1. The minimum Gasteiger partial charge on any atom is -0.383 e. The van der Waals surface area contributed by atoms with E-state index in [1.54, 1.807) is 0 Å². The molecule has 3 heteroatoms. The van der Waals surface area contributed by atoms with Crippen molar-refractivity contribution in [2.24, 2.45) is 10.7 Å². The first kappa shape index (κ1) is 13.3. The Morgan fingerprint density at radius 2 is 1.76 bits per heavy atom. The number of nitrogens with zero attached hydrogens (tertiary/aromatic N) is 1. The number of hydrogen-bond acceptors (Lipinski definition) is 1. The van der Waals surface area contributed by atoms with Crippen LogP contribution >= 0.6 is 0 Å². The first-order chi connectivity index (χ1) is 10.1. The summed E-state index contributed by atoms with van der Waals surface area (Å²) in [6.45, 7) is 1.83. The molecule has 2 N–H and O–H groups in total. The molecule has 0 spiro atoms. The number of nitrogens with two attached hydrogens (primary N) is 1. The van der Waals surface area contributed by atoms with Gasteiger partial charge in [0.25, 0.3) is 0 Å². The number of halogens is 1. The Morgan fingerprint density at radius 1 is 1.00 bits per heavy atom. The minimum absolute atomic E-state index is 0.305. The highest BCUT2D eigenvalue weighted by molar-refractivity contribution is 6.02. The van der Waals surface area contributed by atoms with Crippen LogP contribution in [0.25, 0.3) is 10.8 Å². The summed E-state index contributed by atoms with van der Waals surface area (Å²) in [5.74, 6) is 0.00928. The van der Waals surface area contributed by atoms with E-state index in [4.69, 9.17) is 5.73 Å². The summed E-state index contributed by atoms with van der Waals surface area (Å²) in [7, 11) is 0. The normalized spacial score (nSPS) is 11.8. The van der Waals surface area contributed by atoms with Gasteiger partial charge < -0.3 is 5.73 Å². The second kappa shape index (κ2) is 5.37. The van der Waals surface area contributed by atoms with Gasteiger partial charge in [-0.05, 0) is 42.1 Å². The molecule has 0 aliphatic rings. The SMILES string of the molecule is Cc1cc(F)cc(C(N)=Nc2cccc3ccccc23)c1. The summed E-state index contributed by atoms with van der Waals surface area (Å²) >= 11 is 0. The zero-order valence-corrected chi connectivity index (χ0v) is 11.7. The molecule has 0 heterocycles. The molecule has 3 aromatic rings. The summed E-state index contributed by atoms with van der Waals surface area (Å²) < 4.78 is 13.5. The van der Waals surface area contributed by atoms with Gasteiger partial charge in [-0.3, -0.25) is 0 Å². The Kier molecular flexibility index (Phi) is 3.40. The molecule has 0 saturated heterocycles. The van der Waals surface area contributed by atoms with Gasteiger partial charge in [-0.1, -0.05) is 36.4 Å². The van der Waals surface area contributed by atoms with Crippen LogP contribution in [0, 0.1) is 12.7 Å². The summed E-state index contributed by atoms with van der Waals surface area (Å²) in [4.78, 5) is 4.47. The van der Waals surface area contributed by atoms with Gasteiger partial charge in [-0.15, -0.1) is 0 Å². The second-order valence-corrected chi connectivity index (χ2v) is 5.01. The molecule has 0 atom stereocenters. The summed E-state index contributed by atoms with van der Waals surface area (Å²) in [5.41, 5.74) is 8.24. The fourth-order valence-corrected chi connectivity index (χ4v) is 2.38. The van der Waals surface area contributed by atoms with Crippen molar-refractivity contribution in [3.8, 4) is 0 Å². The van der Waals surface area contributed by atoms with Crippen molar-refractivity contribution < 1.29 is 4.39 Å². The predicted octanol–water partition coefficient (Wildman–Crippen LogP) is 4.32. The summed E-state index contributed by atoms with van der Waals surface area (Å²) in [5, 5.41) is 2.12. The van der Waals surface area contributed by atoms with Crippen LogP contribution in [0.5, 0.6) is 0 Å². The third-order valence-electron chi connectivity index (χ3n) is 3.35. The van der Waals surface area contributed by atoms with Crippen LogP contribution in [0.15, 0.2) is 65.7 Å². The predicted molar refractivity (Wildman–Crippen MR) is 85.5 cm³/mol. The molecule has 0 aliphatic carbocycles.